The number of halogens is 3. The average molecular weight is 527 g/mol. The van der Waals surface area contributed by atoms with Gasteiger partial charge in [0.2, 0.25) is 15.9 Å². The molecule has 2 aliphatic heterocycles. The third-order valence-corrected chi connectivity index (χ3v) is 8.40. The molecule has 2 aromatic rings. The van der Waals surface area contributed by atoms with Gasteiger partial charge in [-0.15, -0.1) is 0 Å². The standard InChI is InChI=1S/C22H21F3N4O4S2/c23-22(24,25)16-5-4-6-17(13-16)29(21-26-19(30)15-34-21)14-20(31)27-9-11-28(12-10-27)35(32,33)18-7-2-1-3-8-18/h1-8,13H,9-12,14-15H2. The summed E-state index contributed by atoms with van der Waals surface area (Å²) in [6, 6.07) is 12.4. The molecule has 2 aromatic carbocycles. The van der Waals surface area contributed by atoms with E-state index in [1.54, 1.807) is 18.2 Å². The van der Waals surface area contributed by atoms with Gasteiger partial charge in [-0.1, -0.05) is 36.0 Å². The number of alkyl halides is 3. The minimum atomic E-state index is -4.58. The Morgan fingerprint density at radius 2 is 1.71 bits per heavy atom. The quantitative estimate of drug-likeness (QED) is 0.595. The highest BCUT2D eigenvalue weighted by atomic mass is 32.2. The number of aliphatic imine (C=N–C) groups is 1. The van der Waals surface area contributed by atoms with Crippen molar-refractivity contribution >= 4 is 44.5 Å². The van der Waals surface area contributed by atoms with Crippen LogP contribution in [0.25, 0.3) is 0 Å². The molecule has 186 valence electrons. The Kier molecular flexibility index (Phi) is 7.20. The van der Waals surface area contributed by atoms with E-state index in [1.807, 2.05) is 0 Å². The van der Waals surface area contributed by atoms with Crippen molar-refractivity contribution < 1.29 is 31.2 Å². The molecule has 0 atom stereocenters. The first-order valence-corrected chi connectivity index (χ1v) is 13.0. The molecule has 0 bridgehead atoms. The van der Waals surface area contributed by atoms with Crippen LogP contribution in [-0.2, 0) is 25.8 Å². The van der Waals surface area contributed by atoms with Crippen LogP contribution in [0, 0.1) is 0 Å². The van der Waals surface area contributed by atoms with Crippen LogP contribution < -0.4 is 4.90 Å². The topological polar surface area (TPSA) is 90.4 Å². The highest BCUT2D eigenvalue weighted by molar-refractivity contribution is 8.15. The zero-order chi connectivity index (χ0) is 25.2. The van der Waals surface area contributed by atoms with Crippen LogP contribution in [0.1, 0.15) is 5.56 Å². The molecule has 4 rings (SSSR count). The van der Waals surface area contributed by atoms with Crippen molar-refractivity contribution in [1.82, 2.24) is 9.21 Å². The number of carbonyl (C=O) groups excluding carboxylic acids is 2. The highest BCUT2D eigenvalue weighted by Crippen LogP contribution is 2.33. The Balaban J connectivity index is 1.49. The Bertz CT molecular complexity index is 1240. The van der Waals surface area contributed by atoms with Gasteiger partial charge in [0, 0.05) is 31.9 Å². The number of amides is 2. The number of hydrogen-bond acceptors (Lipinski definition) is 6. The summed E-state index contributed by atoms with van der Waals surface area (Å²) >= 11 is 1.04. The Labute approximate surface area is 204 Å². The second kappa shape index (κ2) is 9.99. The van der Waals surface area contributed by atoms with Gasteiger partial charge in [-0.05, 0) is 30.3 Å². The van der Waals surface area contributed by atoms with Gasteiger partial charge in [-0.25, -0.2) is 8.42 Å². The van der Waals surface area contributed by atoms with Crippen LogP contribution in [-0.4, -0.2) is 73.1 Å². The van der Waals surface area contributed by atoms with Crippen LogP contribution in [0.3, 0.4) is 0 Å². The largest absolute Gasteiger partial charge is 0.416 e. The van der Waals surface area contributed by atoms with Gasteiger partial charge in [0.1, 0.15) is 6.54 Å². The maximum Gasteiger partial charge on any atom is 0.416 e. The second-order valence-electron chi connectivity index (χ2n) is 7.81. The summed E-state index contributed by atoms with van der Waals surface area (Å²) in [6.45, 7) is 0.0764. The molecule has 8 nitrogen and oxygen atoms in total. The van der Waals surface area contributed by atoms with E-state index < -0.39 is 33.6 Å². The summed E-state index contributed by atoms with van der Waals surface area (Å²) in [6.07, 6.45) is -4.58. The number of thioether (sulfide) groups is 1. The minimum Gasteiger partial charge on any atom is -0.339 e. The number of rotatable bonds is 5. The summed E-state index contributed by atoms with van der Waals surface area (Å²) in [7, 11) is -3.70. The first kappa shape index (κ1) is 25.2. The highest BCUT2D eigenvalue weighted by Gasteiger charge is 2.34. The molecule has 0 radical (unpaired) electrons. The van der Waals surface area contributed by atoms with E-state index in [-0.39, 0.29) is 54.2 Å². The van der Waals surface area contributed by atoms with Crippen LogP contribution in [0.15, 0.2) is 64.5 Å². The van der Waals surface area contributed by atoms with E-state index in [9.17, 15) is 31.2 Å². The minimum absolute atomic E-state index is 0.0367. The number of piperazine rings is 1. The fourth-order valence-corrected chi connectivity index (χ4v) is 5.96. The molecule has 0 spiro atoms. The molecule has 1 saturated heterocycles. The number of anilines is 1. The van der Waals surface area contributed by atoms with Gasteiger partial charge in [0.15, 0.2) is 5.17 Å². The van der Waals surface area contributed by atoms with Gasteiger partial charge in [-0.3, -0.25) is 9.59 Å². The molecule has 1 fully saturated rings. The molecule has 0 aliphatic carbocycles. The maximum atomic E-state index is 13.2. The number of carbonyl (C=O) groups is 2. The molecule has 2 heterocycles. The molecule has 2 aliphatic rings. The monoisotopic (exact) mass is 526 g/mol. The molecule has 2 amide bonds. The normalized spacial score (nSPS) is 17.4. The van der Waals surface area contributed by atoms with Crippen molar-refractivity contribution in [2.75, 3.05) is 43.4 Å². The van der Waals surface area contributed by atoms with E-state index in [0.29, 0.717) is 0 Å². The summed E-state index contributed by atoms with van der Waals surface area (Å²) in [4.78, 5) is 31.5. The lowest BCUT2D eigenvalue weighted by atomic mass is 10.2. The zero-order valence-corrected chi connectivity index (χ0v) is 19.9. The fourth-order valence-electron chi connectivity index (χ4n) is 3.71. The van der Waals surface area contributed by atoms with Crippen molar-refractivity contribution in [3.05, 3.63) is 60.2 Å². The predicted molar refractivity (Wildman–Crippen MR) is 125 cm³/mol. The Hall–Kier alpha value is -2.90. The van der Waals surface area contributed by atoms with E-state index >= 15 is 0 Å². The molecule has 13 heteroatoms. The average Bonchev–Trinajstić information content (AvgIpc) is 3.28. The molecule has 0 aromatic heterocycles. The molecule has 0 saturated carbocycles. The second-order valence-corrected chi connectivity index (χ2v) is 10.7. The van der Waals surface area contributed by atoms with Crippen molar-refractivity contribution in [2.24, 2.45) is 4.99 Å². The van der Waals surface area contributed by atoms with E-state index in [4.69, 9.17) is 0 Å². The van der Waals surface area contributed by atoms with E-state index in [0.717, 1.165) is 23.9 Å². The van der Waals surface area contributed by atoms with Crippen LogP contribution in [0.4, 0.5) is 18.9 Å². The van der Waals surface area contributed by atoms with Gasteiger partial charge < -0.3 is 9.80 Å². The smallest absolute Gasteiger partial charge is 0.339 e. The van der Waals surface area contributed by atoms with Gasteiger partial charge in [-0.2, -0.15) is 22.5 Å². The Morgan fingerprint density at radius 3 is 2.31 bits per heavy atom. The fraction of sp³-hybridized carbons (Fsp3) is 0.318. The molecular formula is C22H21F3N4O4S2. The SMILES string of the molecule is O=C1CSC(N(CC(=O)N2CCN(S(=O)(=O)c3ccccc3)CC2)c2cccc(C(F)(F)F)c2)=N1. The summed E-state index contributed by atoms with van der Waals surface area (Å²) < 4.78 is 66.7. The number of amidine groups is 1. The van der Waals surface area contributed by atoms with Crippen molar-refractivity contribution in [1.29, 1.82) is 0 Å². The van der Waals surface area contributed by atoms with E-state index in [1.165, 1.54) is 38.4 Å². The van der Waals surface area contributed by atoms with Crippen molar-refractivity contribution in [3.8, 4) is 0 Å². The third-order valence-electron chi connectivity index (χ3n) is 5.53. The first-order chi connectivity index (χ1) is 16.6. The molecule has 0 unspecified atom stereocenters. The van der Waals surface area contributed by atoms with Crippen molar-refractivity contribution in [3.63, 3.8) is 0 Å². The molecular weight excluding hydrogens is 505 g/mol. The summed E-state index contributed by atoms with van der Waals surface area (Å²) in [5.41, 5.74) is -0.804. The lowest BCUT2D eigenvalue weighted by molar-refractivity contribution is -0.137. The molecule has 35 heavy (non-hydrogen) atoms. The Morgan fingerprint density at radius 1 is 1.03 bits per heavy atom. The van der Waals surface area contributed by atoms with Gasteiger partial charge in [0.05, 0.1) is 16.2 Å². The third kappa shape index (κ3) is 5.68. The van der Waals surface area contributed by atoms with Crippen LogP contribution in [0.2, 0.25) is 0 Å². The van der Waals surface area contributed by atoms with Gasteiger partial charge >= 0.3 is 6.18 Å². The number of benzene rings is 2. The predicted octanol–water partition coefficient (Wildman–Crippen LogP) is 2.67. The lowest BCUT2D eigenvalue weighted by Crippen LogP contribution is -2.53. The number of nitrogens with zero attached hydrogens (tertiary/aromatic N) is 4. The summed E-state index contributed by atoms with van der Waals surface area (Å²) in [5.74, 6) is -0.814. The van der Waals surface area contributed by atoms with Crippen LogP contribution in [0.5, 0.6) is 0 Å². The number of hydrogen-bond donors (Lipinski definition) is 0. The van der Waals surface area contributed by atoms with Crippen molar-refractivity contribution in [2.45, 2.75) is 11.1 Å². The zero-order valence-electron chi connectivity index (χ0n) is 18.3. The van der Waals surface area contributed by atoms with Gasteiger partial charge in [0.25, 0.3) is 5.91 Å². The van der Waals surface area contributed by atoms with Crippen LogP contribution >= 0.6 is 11.8 Å². The maximum absolute atomic E-state index is 13.2. The number of sulfonamides is 1. The first-order valence-electron chi connectivity index (χ1n) is 10.6. The lowest BCUT2D eigenvalue weighted by Gasteiger charge is -2.35. The van der Waals surface area contributed by atoms with E-state index in [2.05, 4.69) is 4.99 Å². The molecule has 0 N–H and O–H groups in total. The summed E-state index contributed by atoms with van der Waals surface area (Å²) in [5, 5.41) is 0.146.